The van der Waals surface area contributed by atoms with E-state index < -0.39 is 0 Å². The van der Waals surface area contributed by atoms with E-state index in [2.05, 4.69) is 36.8 Å². The predicted octanol–water partition coefficient (Wildman–Crippen LogP) is 5.05. The molecule has 2 nitrogen and oxygen atoms in total. The van der Waals surface area contributed by atoms with E-state index in [1.165, 1.54) is 0 Å². The SMILES string of the molecule is Clc1cc(Br)cnc1Oc1ccccc1Br. The second kappa shape index (κ2) is 5.17. The molecule has 82 valence electrons. The highest BCUT2D eigenvalue weighted by atomic mass is 79.9. The molecule has 0 N–H and O–H groups in total. The van der Waals surface area contributed by atoms with Crippen LogP contribution in [0.4, 0.5) is 0 Å². The largest absolute Gasteiger partial charge is 0.436 e. The summed E-state index contributed by atoms with van der Waals surface area (Å²) in [6.45, 7) is 0. The van der Waals surface area contributed by atoms with Crippen LogP contribution in [0.25, 0.3) is 0 Å². The van der Waals surface area contributed by atoms with Crippen molar-refractivity contribution >= 4 is 43.5 Å². The van der Waals surface area contributed by atoms with Crippen LogP contribution in [-0.4, -0.2) is 4.98 Å². The van der Waals surface area contributed by atoms with E-state index in [1.807, 2.05) is 24.3 Å². The molecule has 0 amide bonds. The van der Waals surface area contributed by atoms with Crippen LogP contribution in [-0.2, 0) is 0 Å². The molecule has 0 atom stereocenters. The summed E-state index contributed by atoms with van der Waals surface area (Å²) in [6.07, 6.45) is 1.64. The van der Waals surface area contributed by atoms with Gasteiger partial charge in [-0.1, -0.05) is 23.7 Å². The Morgan fingerprint density at radius 1 is 1.19 bits per heavy atom. The third-order valence-corrected chi connectivity index (χ3v) is 3.18. The fourth-order valence-electron chi connectivity index (χ4n) is 1.11. The molecule has 1 aromatic heterocycles. The Bertz CT molecular complexity index is 519. The van der Waals surface area contributed by atoms with Gasteiger partial charge in [0.2, 0.25) is 5.88 Å². The Labute approximate surface area is 115 Å². The molecule has 5 heteroatoms. The molecule has 0 bridgehead atoms. The zero-order valence-corrected chi connectivity index (χ0v) is 11.9. The number of halogens is 3. The summed E-state index contributed by atoms with van der Waals surface area (Å²) >= 11 is 12.7. The molecule has 0 aliphatic carbocycles. The van der Waals surface area contributed by atoms with Gasteiger partial charge in [-0.2, -0.15) is 0 Å². The van der Waals surface area contributed by atoms with Crippen molar-refractivity contribution in [3.05, 3.63) is 50.5 Å². The monoisotopic (exact) mass is 361 g/mol. The Balaban J connectivity index is 2.31. The fraction of sp³-hybridized carbons (Fsp3) is 0. The van der Waals surface area contributed by atoms with Crippen LogP contribution < -0.4 is 4.74 Å². The zero-order valence-electron chi connectivity index (χ0n) is 7.95. The molecular formula is C11H6Br2ClNO. The van der Waals surface area contributed by atoms with Crippen molar-refractivity contribution in [1.82, 2.24) is 4.98 Å². The van der Waals surface area contributed by atoms with Crippen molar-refractivity contribution in [3.8, 4) is 11.6 Å². The Morgan fingerprint density at radius 2 is 1.94 bits per heavy atom. The number of ether oxygens (including phenoxy) is 1. The first kappa shape index (κ1) is 11.9. The van der Waals surface area contributed by atoms with Gasteiger partial charge in [0.1, 0.15) is 10.8 Å². The predicted molar refractivity (Wildman–Crippen MR) is 71.2 cm³/mol. The fourth-order valence-corrected chi connectivity index (χ4v) is 2.14. The van der Waals surface area contributed by atoms with Gasteiger partial charge in [0.15, 0.2) is 0 Å². The number of para-hydroxylation sites is 1. The first-order chi connectivity index (χ1) is 7.66. The number of rotatable bonds is 2. The number of aromatic nitrogens is 1. The summed E-state index contributed by atoms with van der Waals surface area (Å²) in [5.74, 6) is 1.07. The Hall–Kier alpha value is -0.580. The molecule has 1 aromatic carbocycles. The number of benzene rings is 1. The lowest BCUT2D eigenvalue weighted by molar-refractivity contribution is 0.460. The quantitative estimate of drug-likeness (QED) is 0.745. The highest BCUT2D eigenvalue weighted by Crippen LogP contribution is 2.32. The molecule has 16 heavy (non-hydrogen) atoms. The maximum absolute atomic E-state index is 6.00. The topological polar surface area (TPSA) is 22.1 Å². The molecule has 2 aromatic rings. The highest BCUT2D eigenvalue weighted by Gasteiger charge is 2.07. The van der Waals surface area contributed by atoms with E-state index >= 15 is 0 Å². The summed E-state index contributed by atoms with van der Waals surface area (Å²) in [6, 6.07) is 9.26. The van der Waals surface area contributed by atoms with E-state index in [4.69, 9.17) is 16.3 Å². The van der Waals surface area contributed by atoms with Crippen LogP contribution >= 0.6 is 43.5 Å². The van der Waals surface area contributed by atoms with Crippen LogP contribution in [0, 0.1) is 0 Å². The lowest BCUT2D eigenvalue weighted by atomic mass is 10.3. The average Bonchev–Trinajstić information content (AvgIpc) is 2.25. The van der Waals surface area contributed by atoms with Gasteiger partial charge >= 0.3 is 0 Å². The minimum atomic E-state index is 0.386. The van der Waals surface area contributed by atoms with Crippen LogP contribution in [0.5, 0.6) is 11.6 Å². The van der Waals surface area contributed by atoms with Gasteiger partial charge in [0.25, 0.3) is 0 Å². The summed E-state index contributed by atoms with van der Waals surface area (Å²) in [7, 11) is 0. The Morgan fingerprint density at radius 3 is 2.62 bits per heavy atom. The van der Waals surface area contributed by atoms with Crippen LogP contribution in [0.3, 0.4) is 0 Å². The van der Waals surface area contributed by atoms with Gasteiger partial charge in [-0.15, -0.1) is 0 Å². The smallest absolute Gasteiger partial charge is 0.238 e. The molecule has 1 heterocycles. The molecule has 0 spiro atoms. The van der Waals surface area contributed by atoms with Crippen LogP contribution in [0.1, 0.15) is 0 Å². The number of hydrogen-bond donors (Lipinski definition) is 0. The third-order valence-electron chi connectivity index (χ3n) is 1.82. The molecule has 2 rings (SSSR count). The Kier molecular flexibility index (Phi) is 3.84. The van der Waals surface area contributed by atoms with Crippen molar-refractivity contribution in [2.45, 2.75) is 0 Å². The minimum absolute atomic E-state index is 0.386. The molecular weight excluding hydrogens is 357 g/mol. The zero-order chi connectivity index (χ0) is 11.5. The summed E-state index contributed by atoms with van der Waals surface area (Å²) < 4.78 is 7.26. The minimum Gasteiger partial charge on any atom is -0.436 e. The first-order valence-electron chi connectivity index (χ1n) is 4.40. The molecule has 0 fully saturated rings. The van der Waals surface area contributed by atoms with E-state index in [9.17, 15) is 0 Å². The maximum atomic E-state index is 6.00. The van der Waals surface area contributed by atoms with Crippen molar-refractivity contribution in [3.63, 3.8) is 0 Å². The molecule has 0 aliphatic rings. The standard InChI is InChI=1S/C11H6Br2ClNO/c12-7-5-9(14)11(15-6-7)16-10-4-2-1-3-8(10)13/h1-6H. The lowest BCUT2D eigenvalue weighted by Gasteiger charge is -2.07. The first-order valence-corrected chi connectivity index (χ1v) is 6.36. The van der Waals surface area contributed by atoms with Gasteiger partial charge < -0.3 is 4.74 Å². The number of nitrogens with zero attached hydrogens (tertiary/aromatic N) is 1. The third kappa shape index (κ3) is 2.75. The number of pyridine rings is 1. The van der Waals surface area contributed by atoms with E-state index in [0.29, 0.717) is 16.7 Å². The van der Waals surface area contributed by atoms with Crippen LogP contribution in [0.2, 0.25) is 5.02 Å². The van der Waals surface area contributed by atoms with E-state index in [0.717, 1.165) is 8.95 Å². The molecule has 0 radical (unpaired) electrons. The second-order valence-electron chi connectivity index (χ2n) is 2.97. The van der Waals surface area contributed by atoms with Gasteiger partial charge in [-0.05, 0) is 50.1 Å². The summed E-state index contributed by atoms with van der Waals surface area (Å²) in [4.78, 5) is 4.09. The van der Waals surface area contributed by atoms with Crippen molar-refractivity contribution in [2.24, 2.45) is 0 Å². The molecule has 0 aliphatic heterocycles. The highest BCUT2D eigenvalue weighted by molar-refractivity contribution is 9.10. The van der Waals surface area contributed by atoms with E-state index in [-0.39, 0.29) is 0 Å². The molecule has 0 saturated heterocycles. The van der Waals surface area contributed by atoms with Crippen molar-refractivity contribution in [1.29, 1.82) is 0 Å². The lowest BCUT2D eigenvalue weighted by Crippen LogP contribution is -1.89. The van der Waals surface area contributed by atoms with Crippen LogP contribution in [0.15, 0.2) is 45.5 Å². The summed E-state index contributed by atoms with van der Waals surface area (Å²) in [5.41, 5.74) is 0. The normalized spacial score (nSPS) is 10.2. The second-order valence-corrected chi connectivity index (χ2v) is 5.15. The average molecular weight is 363 g/mol. The maximum Gasteiger partial charge on any atom is 0.238 e. The van der Waals surface area contributed by atoms with E-state index in [1.54, 1.807) is 12.3 Å². The summed E-state index contributed by atoms with van der Waals surface area (Å²) in [5, 5.41) is 0.463. The van der Waals surface area contributed by atoms with Crippen molar-refractivity contribution < 1.29 is 4.74 Å². The van der Waals surface area contributed by atoms with Crippen molar-refractivity contribution in [2.75, 3.05) is 0 Å². The molecule has 0 unspecified atom stereocenters. The molecule has 0 saturated carbocycles. The van der Waals surface area contributed by atoms with Gasteiger partial charge in [0, 0.05) is 10.7 Å². The van der Waals surface area contributed by atoms with Gasteiger partial charge in [-0.3, -0.25) is 0 Å². The van der Waals surface area contributed by atoms with Gasteiger partial charge in [-0.25, -0.2) is 4.98 Å². The van der Waals surface area contributed by atoms with Gasteiger partial charge in [0.05, 0.1) is 4.47 Å². The number of hydrogen-bond acceptors (Lipinski definition) is 2.